The molecule has 0 unspecified atom stereocenters. The molecular formula is C16H27Cl2N3O. The third kappa shape index (κ3) is 5.76. The van der Waals surface area contributed by atoms with Gasteiger partial charge in [0.1, 0.15) is 0 Å². The normalized spacial score (nSPS) is 14.7. The highest BCUT2D eigenvalue weighted by Gasteiger charge is 2.45. The summed E-state index contributed by atoms with van der Waals surface area (Å²) in [6, 6.07) is 8.39. The van der Waals surface area contributed by atoms with Crippen molar-refractivity contribution in [2.24, 2.45) is 5.73 Å². The Bertz CT molecular complexity index is 474. The fourth-order valence-electron chi connectivity index (χ4n) is 2.26. The van der Waals surface area contributed by atoms with E-state index in [4.69, 9.17) is 5.73 Å². The molecule has 1 fully saturated rings. The van der Waals surface area contributed by atoms with E-state index in [1.165, 1.54) is 5.56 Å². The van der Waals surface area contributed by atoms with E-state index < -0.39 is 5.54 Å². The van der Waals surface area contributed by atoms with Crippen LogP contribution in [0.4, 0.5) is 0 Å². The fraction of sp³-hybridized carbons (Fsp3) is 0.562. The van der Waals surface area contributed by atoms with Gasteiger partial charge in [0.15, 0.2) is 0 Å². The van der Waals surface area contributed by atoms with Crippen molar-refractivity contribution in [2.75, 3.05) is 13.1 Å². The van der Waals surface area contributed by atoms with Crippen LogP contribution in [0, 0.1) is 0 Å². The number of nitrogens with two attached hydrogens (primary N) is 1. The topological polar surface area (TPSA) is 58.4 Å². The molecule has 0 radical (unpaired) electrons. The van der Waals surface area contributed by atoms with E-state index in [1.807, 2.05) is 6.07 Å². The Balaban J connectivity index is 0.00000220. The average molecular weight is 348 g/mol. The maximum Gasteiger partial charge on any atom is 0.240 e. The second-order valence-electron chi connectivity index (χ2n) is 5.62. The maximum atomic E-state index is 11.8. The van der Waals surface area contributed by atoms with E-state index >= 15 is 0 Å². The zero-order chi connectivity index (χ0) is 14.6. The van der Waals surface area contributed by atoms with Gasteiger partial charge in [0.25, 0.3) is 0 Å². The van der Waals surface area contributed by atoms with Crippen LogP contribution in [-0.4, -0.2) is 29.4 Å². The highest BCUT2D eigenvalue weighted by molar-refractivity contribution is 5.88. The predicted molar refractivity (Wildman–Crippen MR) is 95.6 cm³/mol. The largest absolute Gasteiger partial charge is 0.350 e. The monoisotopic (exact) mass is 347 g/mol. The molecule has 0 bridgehead atoms. The van der Waals surface area contributed by atoms with Crippen molar-refractivity contribution in [3.63, 3.8) is 0 Å². The molecule has 1 aliphatic rings. The highest BCUT2D eigenvalue weighted by atomic mass is 35.5. The standard InChI is InChI=1S/C16H25N3O.2ClH/c1-3-19(4-2)12-14-7-5-6-13(10-14)11-18-15(20)16(17)8-9-16;;/h5-7,10H,3-4,8-9,11-12,17H2,1-2H3,(H,18,20);2*1H. The van der Waals surface area contributed by atoms with Crippen LogP contribution >= 0.6 is 24.8 Å². The molecule has 0 aromatic heterocycles. The van der Waals surface area contributed by atoms with Gasteiger partial charge in [-0.25, -0.2) is 0 Å². The molecule has 6 heteroatoms. The van der Waals surface area contributed by atoms with Crippen molar-refractivity contribution in [3.8, 4) is 0 Å². The minimum atomic E-state index is -0.584. The lowest BCUT2D eigenvalue weighted by molar-refractivity contribution is -0.123. The Morgan fingerprint density at radius 3 is 2.36 bits per heavy atom. The summed E-state index contributed by atoms with van der Waals surface area (Å²) in [7, 11) is 0. The molecule has 0 saturated heterocycles. The summed E-state index contributed by atoms with van der Waals surface area (Å²) in [5.74, 6) is -0.0216. The van der Waals surface area contributed by atoms with Crippen LogP contribution in [0.15, 0.2) is 24.3 Å². The fourth-order valence-corrected chi connectivity index (χ4v) is 2.26. The first kappa shape index (κ1) is 21.2. The SMILES string of the molecule is CCN(CC)Cc1cccc(CNC(=O)C2(N)CC2)c1.Cl.Cl. The van der Waals surface area contributed by atoms with Crippen molar-refractivity contribution < 1.29 is 4.79 Å². The van der Waals surface area contributed by atoms with Gasteiger partial charge in [-0.2, -0.15) is 0 Å². The van der Waals surface area contributed by atoms with E-state index in [2.05, 4.69) is 42.3 Å². The molecule has 0 spiro atoms. The van der Waals surface area contributed by atoms with Crippen molar-refractivity contribution in [1.29, 1.82) is 0 Å². The molecule has 1 aromatic rings. The van der Waals surface area contributed by atoms with Crippen LogP contribution in [0.3, 0.4) is 0 Å². The second-order valence-corrected chi connectivity index (χ2v) is 5.62. The highest BCUT2D eigenvalue weighted by Crippen LogP contribution is 2.32. The quantitative estimate of drug-likeness (QED) is 0.796. The van der Waals surface area contributed by atoms with Crippen LogP contribution in [0.1, 0.15) is 37.8 Å². The third-order valence-corrected chi connectivity index (χ3v) is 3.99. The lowest BCUT2D eigenvalue weighted by Crippen LogP contribution is -2.42. The number of hydrogen-bond donors (Lipinski definition) is 2. The van der Waals surface area contributed by atoms with Crippen molar-refractivity contribution in [3.05, 3.63) is 35.4 Å². The molecule has 0 aliphatic heterocycles. The van der Waals surface area contributed by atoms with Gasteiger partial charge in [-0.3, -0.25) is 9.69 Å². The lowest BCUT2D eigenvalue weighted by atomic mass is 10.1. The van der Waals surface area contributed by atoms with Crippen LogP contribution < -0.4 is 11.1 Å². The Kier molecular flexibility index (Phi) is 9.01. The minimum absolute atomic E-state index is 0. The van der Waals surface area contributed by atoms with Gasteiger partial charge >= 0.3 is 0 Å². The number of amides is 1. The molecule has 22 heavy (non-hydrogen) atoms. The maximum absolute atomic E-state index is 11.8. The average Bonchev–Trinajstić information content (AvgIpc) is 3.22. The minimum Gasteiger partial charge on any atom is -0.350 e. The van der Waals surface area contributed by atoms with E-state index in [0.717, 1.165) is 38.0 Å². The summed E-state index contributed by atoms with van der Waals surface area (Å²) in [6.45, 7) is 7.95. The molecule has 1 aromatic carbocycles. The van der Waals surface area contributed by atoms with Gasteiger partial charge in [0, 0.05) is 13.1 Å². The summed E-state index contributed by atoms with van der Waals surface area (Å²) in [5.41, 5.74) is 7.70. The Morgan fingerprint density at radius 1 is 1.23 bits per heavy atom. The smallest absolute Gasteiger partial charge is 0.240 e. The summed E-state index contributed by atoms with van der Waals surface area (Å²) in [5, 5.41) is 2.93. The number of halogens is 2. The van der Waals surface area contributed by atoms with Crippen LogP contribution in [0.25, 0.3) is 0 Å². The number of benzene rings is 1. The van der Waals surface area contributed by atoms with E-state index in [-0.39, 0.29) is 30.7 Å². The van der Waals surface area contributed by atoms with Gasteiger partial charge in [0.05, 0.1) is 5.54 Å². The zero-order valence-corrected chi connectivity index (χ0v) is 14.9. The van der Waals surface area contributed by atoms with Gasteiger partial charge < -0.3 is 11.1 Å². The van der Waals surface area contributed by atoms with Gasteiger partial charge in [-0.15, -0.1) is 24.8 Å². The van der Waals surface area contributed by atoms with E-state index in [0.29, 0.717) is 6.54 Å². The zero-order valence-electron chi connectivity index (χ0n) is 13.3. The number of nitrogens with one attached hydrogen (secondary N) is 1. The first-order valence-electron chi connectivity index (χ1n) is 7.44. The van der Waals surface area contributed by atoms with E-state index in [1.54, 1.807) is 0 Å². The second kappa shape index (κ2) is 9.36. The van der Waals surface area contributed by atoms with Crippen LogP contribution in [-0.2, 0) is 17.9 Å². The molecule has 0 heterocycles. The predicted octanol–water partition coefficient (Wildman–Crippen LogP) is 2.48. The number of carbonyl (C=O) groups is 1. The molecule has 126 valence electrons. The number of nitrogens with zero attached hydrogens (tertiary/aromatic N) is 1. The van der Waals surface area contributed by atoms with E-state index in [9.17, 15) is 4.79 Å². The molecule has 3 N–H and O–H groups in total. The molecule has 0 atom stereocenters. The molecule has 1 saturated carbocycles. The number of rotatable bonds is 7. The van der Waals surface area contributed by atoms with Crippen LogP contribution in [0.5, 0.6) is 0 Å². The summed E-state index contributed by atoms with van der Waals surface area (Å²) >= 11 is 0. The Morgan fingerprint density at radius 2 is 1.82 bits per heavy atom. The first-order valence-corrected chi connectivity index (χ1v) is 7.44. The number of hydrogen-bond acceptors (Lipinski definition) is 3. The molecule has 1 amide bonds. The van der Waals surface area contributed by atoms with Gasteiger partial charge in [-0.05, 0) is 37.1 Å². The number of carbonyl (C=O) groups excluding carboxylic acids is 1. The summed E-state index contributed by atoms with van der Waals surface area (Å²) in [4.78, 5) is 14.2. The third-order valence-electron chi connectivity index (χ3n) is 3.99. The lowest BCUT2D eigenvalue weighted by Gasteiger charge is -2.18. The molecule has 1 aliphatic carbocycles. The Hall–Kier alpha value is -0.810. The summed E-state index contributed by atoms with van der Waals surface area (Å²) < 4.78 is 0. The van der Waals surface area contributed by atoms with Crippen LogP contribution in [0.2, 0.25) is 0 Å². The van der Waals surface area contributed by atoms with Crippen molar-refractivity contribution >= 4 is 30.7 Å². The summed E-state index contributed by atoms with van der Waals surface area (Å²) in [6.07, 6.45) is 1.61. The Labute approximate surface area is 145 Å². The van der Waals surface area contributed by atoms with Crippen molar-refractivity contribution in [1.82, 2.24) is 10.2 Å². The van der Waals surface area contributed by atoms with Crippen molar-refractivity contribution in [2.45, 2.75) is 45.3 Å². The molecule has 4 nitrogen and oxygen atoms in total. The van der Waals surface area contributed by atoms with Gasteiger partial charge in [0.2, 0.25) is 5.91 Å². The molecular weight excluding hydrogens is 321 g/mol. The first-order chi connectivity index (χ1) is 9.57. The molecule has 2 rings (SSSR count). The van der Waals surface area contributed by atoms with Gasteiger partial charge in [-0.1, -0.05) is 38.1 Å².